The normalized spacial score (nSPS) is 22.8. The van der Waals surface area contributed by atoms with Gasteiger partial charge in [-0.15, -0.1) is 11.8 Å². The maximum Gasteiger partial charge on any atom is 0.243 e. The van der Waals surface area contributed by atoms with Gasteiger partial charge < -0.3 is 4.79 Å². The van der Waals surface area contributed by atoms with Gasteiger partial charge in [-0.25, -0.2) is 0 Å². The molecule has 4 nitrogen and oxygen atoms in total. The first-order chi connectivity index (χ1) is 8.79. The predicted octanol–water partition coefficient (Wildman–Crippen LogP) is 1.56. The summed E-state index contributed by atoms with van der Waals surface area (Å²) in [4.78, 5) is 37.2. The summed E-state index contributed by atoms with van der Waals surface area (Å²) < 4.78 is 0. The zero-order valence-electron chi connectivity index (χ0n) is 12.2. The molecule has 1 aliphatic heterocycles. The van der Waals surface area contributed by atoms with Crippen molar-refractivity contribution in [2.75, 3.05) is 0 Å². The van der Waals surface area contributed by atoms with Gasteiger partial charge in [0.2, 0.25) is 11.8 Å². The highest BCUT2D eigenvalue weighted by Crippen LogP contribution is 2.30. The van der Waals surface area contributed by atoms with Crippen LogP contribution in [0.4, 0.5) is 0 Å². The molecular formula is C13H21BNO3S. The molecule has 3 atom stereocenters. The summed E-state index contributed by atoms with van der Waals surface area (Å²) in [6, 6.07) is -0.374. The van der Waals surface area contributed by atoms with Crippen LogP contribution < -0.4 is 0 Å². The Labute approximate surface area is 119 Å². The van der Waals surface area contributed by atoms with Gasteiger partial charge >= 0.3 is 0 Å². The van der Waals surface area contributed by atoms with Gasteiger partial charge in [-0.2, -0.15) is 0 Å². The molecule has 0 aromatic rings. The zero-order valence-corrected chi connectivity index (χ0v) is 13.0. The molecule has 1 aliphatic rings. The summed E-state index contributed by atoms with van der Waals surface area (Å²) in [6.07, 6.45) is 0.253. The molecule has 1 saturated heterocycles. The number of carbonyl (C=O) groups is 3. The van der Waals surface area contributed by atoms with E-state index in [1.807, 2.05) is 13.8 Å². The molecule has 6 heteroatoms. The molecule has 105 valence electrons. The summed E-state index contributed by atoms with van der Waals surface area (Å²) in [5.74, 6) is -0.654. The minimum Gasteiger partial charge on any atom is -0.312 e. The van der Waals surface area contributed by atoms with E-state index in [0.29, 0.717) is 5.25 Å². The van der Waals surface area contributed by atoms with E-state index in [9.17, 15) is 14.4 Å². The number of hydrogen-bond donors (Lipinski definition) is 0. The maximum atomic E-state index is 12.3. The molecule has 0 aromatic heterocycles. The third-order valence-corrected chi connectivity index (χ3v) is 4.68. The monoisotopic (exact) mass is 282 g/mol. The van der Waals surface area contributed by atoms with Gasteiger partial charge in [-0.1, -0.05) is 27.6 Å². The summed E-state index contributed by atoms with van der Waals surface area (Å²) in [6.45, 7) is 9.22. The van der Waals surface area contributed by atoms with E-state index < -0.39 is 0 Å². The van der Waals surface area contributed by atoms with E-state index in [-0.39, 0.29) is 41.1 Å². The molecule has 0 spiro atoms. The van der Waals surface area contributed by atoms with E-state index in [2.05, 4.69) is 0 Å². The second kappa shape index (κ2) is 6.59. The maximum absolute atomic E-state index is 12.3. The Kier molecular flexibility index (Phi) is 5.65. The number of carbonyl (C=O) groups excluding carboxylic acids is 3. The lowest BCUT2D eigenvalue weighted by Crippen LogP contribution is -2.45. The number of thioether (sulfide) groups is 1. The van der Waals surface area contributed by atoms with Crippen LogP contribution in [0.2, 0.25) is 6.82 Å². The van der Waals surface area contributed by atoms with E-state index in [1.54, 1.807) is 20.7 Å². The lowest BCUT2D eigenvalue weighted by Gasteiger charge is -2.27. The molecule has 0 saturated carbocycles. The first-order valence-corrected chi connectivity index (χ1v) is 7.58. The lowest BCUT2D eigenvalue weighted by molar-refractivity contribution is -0.142. The molecule has 3 unspecified atom stereocenters. The smallest absolute Gasteiger partial charge is 0.243 e. The fourth-order valence-electron chi connectivity index (χ4n) is 2.21. The van der Waals surface area contributed by atoms with Crippen LogP contribution in [0, 0.1) is 5.92 Å². The highest BCUT2D eigenvalue weighted by molar-refractivity contribution is 8.01. The van der Waals surface area contributed by atoms with Gasteiger partial charge in [0.25, 0.3) is 0 Å². The Morgan fingerprint density at radius 2 is 1.89 bits per heavy atom. The van der Waals surface area contributed by atoms with Crippen molar-refractivity contribution in [3.05, 3.63) is 0 Å². The molecule has 0 aromatic carbocycles. The second-order valence-corrected chi connectivity index (χ2v) is 6.98. The first kappa shape index (κ1) is 16.3. The van der Waals surface area contributed by atoms with Gasteiger partial charge in [0.15, 0.2) is 7.28 Å². The van der Waals surface area contributed by atoms with Crippen LogP contribution in [0.25, 0.3) is 0 Å². The van der Waals surface area contributed by atoms with E-state index >= 15 is 0 Å². The number of amides is 2. The Balaban J connectivity index is 2.80. The van der Waals surface area contributed by atoms with Crippen molar-refractivity contribution in [3.63, 3.8) is 0 Å². The number of nitrogens with zero attached hydrogens (tertiary/aromatic N) is 1. The van der Waals surface area contributed by atoms with Gasteiger partial charge in [-0.05, 0) is 12.2 Å². The van der Waals surface area contributed by atoms with Crippen molar-refractivity contribution in [1.82, 2.24) is 4.90 Å². The third-order valence-electron chi connectivity index (χ3n) is 3.44. The second-order valence-electron chi connectivity index (χ2n) is 5.20. The lowest BCUT2D eigenvalue weighted by atomic mass is 9.69. The Hall–Kier alpha value is -0.775. The van der Waals surface area contributed by atoms with E-state index in [0.717, 1.165) is 0 Å². The van der Waals surface area contributed by atoms with Crippen LogP contribution in [0.1, 0.15) is 34.1 Å². The average Bonchev–Trinajstić information content (AvgIpc) is 2.61. The van der Waals surface area contributed by atoms with Crippen molar-refractivity contribution in [2.45, 2.75) is 57.5 Å². The molecule has 1 radical (unpaired) electrons. The van der Waals surface area contributed by atoms with Crippen molar-refractivity contribution >= 4 is 36.5 Å². The van der Waals surface area contributed by atoms with E-state index in [4.69, 9.17) is 0 Å². The number of hydrogen-bond acceptors (Lipinski definition) is 4. The largest absolute Gasteiger partial charge is 0.312 e. The fourth-order valence-corrected chi connectivity index (χ4v) is 3.34. The quantitative estimate of drug-likeness (QED) is 0.548. The number of likely N-dealkylation sites (tertiary alicyclic amines) is 1. The Bertz CT molecular complexity index is 386. The molecule has 2 amide bonds. The summed E-state index contributed by atoms with van der Waals surface area (Å²) >= 11 is 1.52. The standard InChI is InChI=1S/C13H21BNO3S/c1-7(2)19-10-6-11(16)15(13(10)18)9(4)8(3)12(17)14-5/h7-10H,6H2,1-5H3. The summed E-state index contributed by atoms with van der Waals surface area (Å²) in [7, 11) is 1.49. The predicted molar refractivity (Wildman–Crippen MR) is 78.2 cm³/mol. The van der Waals surface area contributed by atoms with Crippen LogP contribution in [-0.4, -0.2) is 46.2 Å². The van der Waals surface area contributed by atoms with Crippen molar-refractivity contribution in [3.8, 4) is 0 Å². The highest BCUT2D eigenvalue weighted by Gasteiger charge is 2.43. The van der Waals surface area contributed by atoms with E-state index in [1.165, 1.54) is 23.9 Å². The Morgan fingerprint density at radius 3 is 2.37 bits per heavy atom. The summed E-state index contributed by atoms with van der Waals surface area (Å²) in [5, 5.41) is 0.0166. The van der Waals surface area contributed by atoms with Gasteiger partial charge in [-0.3, -0.25) is 14.5 Å². The molecule has 1 heterocycles. The van der Waals surface area contributed by atoms with Crippen LogP contribution in [0.15, 0.2) is 0 Å². The van der Waals surface area contributed by atoms with Gasteiger partial charge in [0.1, 0.15) is 0 Å². The molecular weight excluding hydrogens is 261 g/mol. The fraction of sp³-hybridized carbons (Fsp3) is 0.769. The van der Waals surface area contributed by atoms with Gasteiger partial charge in [0, 0.05) is 18.4 Å². The first-order valence-electron chi connectivity index (χ1n) is 6.64. The molecule has 0 N–H and O–H groups in total. The average molecular weight is 282 g/mol. The number of rotatable bonds is 6. The van der Waals surface area contributed by atoms with Crippen molar-refractivity contribution in [2.24, 2.45) is 5.92 Å². The minimum atomic E-state index is -0.374. The molecule has 1 fully saturated rings. The number of imide groups is 1. The summed E-state index contributed by atoms with van der Waals surface area (Å²) in [5.41, 5.74) is -0.0342. The molecule has 19 heavy (non-hydrogen) atoms. The molecule has 1 rings (SSSR count). The van der Waals surface area contributed by atoms with Crippen molar-refractivity contribution in [1.29, 1.82) is 0 Å². The van der Waals surface area contributed by atoms with Crippen molar-refractivity contribution < 1.29 is 14.4 Å². The van der Waals surface area contributed by atoms with Gasteiger partial charge in [0.05, 0.1) is 10.9 Å². The molecule has 0 aliphatic carbocycles. The Morgan fingerprint density at radius 1 is 1.32 bits per heavy atom. The highest BCUT2D eigenvalue weighted by atomic mass is 32.2. The van der Waals surface area contributed by atoms with Crippen LogP contribution in [0.5, 0.6) is 0 Å². The SMILES string of the molecule is C[B]C(=O)C(C)C(C)N1C(=O)CC(SC(C)C)C1=O. The topological polar surface area (TPSA) is 54.5 Å². The van der Waals surface area contributed by atoms with Crippen LogP contribution in [-0.2, 0) is 14.4 Å². The third kappa shape index (κ3) is 3.62. The van der Waals surface area contributed by atoms with Crippen LogP contribution >= 0.6 is 11.8 Å². The van der Waals surface area contributed by atoms with Crippen LogP contribution in [0.3, 0.4) is 0 Å². The zero-order chi connectivity index (χ0) is 14.7. The molecule has 0 bridgehead atoms. The minimum absolute atomic E-state index is 0.0342.